The SMILES string of the molecule is N#C/C=C(/c1ccccc1)c1ccc(F)cc1. The molecule has 0 saturated carbocycles. The van der Waals surface area contributed by atoms with Gasteiger partial charge in [-0.3, -0.25) is 0 Å². The van der Waals surface area contributed by atoms with Crippen molar-refractivity contribution in [2.75, 3.05) is 0 Å². The number of nitriles is 1. The molecule has 0 spiro atoms. The maximum absolute atomic E-state index is 12.9. The van der Waals surface area contributed by atoms with Gasteiger partial charge in [0, 0.05) is 6.08 Å². The summed E-state index contributed by atoms with van der Waals surface area (Å²) in [5.74, 6) is -0.280. The Morgan fingerprint density at radius 2 is 1.53 bits per heavy atom. The molecule has 0 amide bonds. The van der Waals surface area contributed by atoms with Crippen LogP contribution in [0.25, 0.3) is 5.57 Å². The number of hydrogen-bond donors (Lipinski definition) is 0. The molecule has 0 aliphatic rings. The maximum atomic E-state index is 12.9. The molecule has 1 nitrogen and oxygen atoms in total. The first-order valence-corrected chi connectivity index (χ1v) is 5.22. The largest absolute Gasteiger partial charge is 0.207 e. The Morgan fingerprint density at radius 1 is 0.941 bits per heavy atom. The predicted molar refractivity (Wildman–Crippen MR) is 65.5 cm³/mol. The van der Waals surface area contributed by atoms with Gasteiger partial charge in [0.15, 0.2) is 0 Å². The molecule has 0 fully saturated rings. The van der Waals surface area contributed by atoms with Gasteiger partial charge in [-0.25, -0.2) is 4.39 Å². The van der Waals surface area contributed by atoms with Crippen molar-refractivity contribution in [3.8, 4) is 6.07 Å². The van der Waals surface area contributed by atoms with E-state index in [1.807, 2.05) is 36.4 Å². The van der Waals surface area contributed by atoms with Crippen LogP contribution in [-0.4, -0.2) is 0 Å². The summed E-state index contributed by atoms with van der Waals surface area (Å²) in [6.45, 7) is 0. The van der Waals surface area contributed by atoms with Crippen molar-refractivity contribution < 1.29 is 4.39 Å². The van der Waals surface area contributed by atoms with Crippen molar-refractivity contribution in [3.63, 3.8) is 0 Å². The Morgan fingerprint density at radius 3 is 2.12 bits per heavy atom. The summed E-state index contributed by atoms with van der Waals surface area (Å²) in [4.78, 5) is 0. The molecule has 2 aromatic rings. The Hall–Kier alpha value is -2.40. The first-order chi connectivity index (χ1) is 8.31. The fourth-order valence-corrected chi connectivity index (χ4v) is 1.65. The molecule has 0 aliphatic heterocycles. The fraction of sp³-hybridized carbons (Fsp3) is 0. The molecule has 0 aromatic heterocycles. The molecule has 0 unspecified atom stereocenters. The lowest BCUT2D eigenvalue weighted by atomic mass is 9.98. The second kappa shape index (κ2) is 5.09. The zero-order valence-electron chi connectivity index (χ0n) is 9.10. The first-order valence-electron chi connectivity index (χ1n) is 5.22. The van der Waals surface area contributed by atoms with Gasteiger partial charge in [-0.05, 0) is 28.8 Å². The van der Waals surface area contributed by atoms with Crippen molar-refractivity contribution >= 4 is 5.57 Å². The third kappa shape index (κ3) is 2.59. The molecular weight excluding hydrogens is 213 g/mol. The minimum absolute atomic E-state index is 0.280. The monoisotopic (exact) mass is 223 g/mol. The van der Waals surface area contributed by atoms with E-state index >= 15 is 0 Å². The van der Waals surface area contributed by atoms with Crippen LogP contribution in [0.3, 0.4) is 0 Å². The van der Waals surface area contributed by atoms with Crippen LogP contribution in [0.4, 0.5) is 4.39 Å². The van der Waals surface area contributed by atoms with Crippen molar-refractivity contribution in [1.29, 1.82) is 5.26 Å². The van der Waals surface area contributed by atoms with E-state index in [9.17, 15) is 4.39 Å². The molecule has 0 heterocycles. The van der Waals surface area contributed by atoms with Crippen LogP contribution in [0.5, 0.6) is 0 Å². The summed E-state index contributed by atoms with van der Waals surface area (Å²) in [5.41, 5.74) is 2.58. The van der Waals surface area contributed by atoms with E-state index in [0.717, 1.165) is 16.7 Å². The lowest BCUT2D eigenvalue weighted by Gasteiger charge is -2.06. The molecule has 0 saturated heterocycles. The molecule has 0 radical (unpaired) electrons. The van der Waals surface area contributed by atoms with E-state index in [-0.39, 0.29) is 5.82 Å². The minimum atomic E-state index is -0.280. The van der Waals surface area contributed by atoms with Gasteiger partial charge in [-0.2, -0.15) is 5.26 Å². The molecule has 0 aliphatic carbocycles. The van der Waals surface area contributed by atoms with Crippen molar-refractivity contribution in [3.05, 3.63) is 77.6 Å². The quantitative estimate of drug-likeness (QED) is 0.711. The topological polar surface area (TPSA) is 23.8 Å². The highest BCUT2D eigenvalue weighted by atomic mass is 19.1. The standard InChI is InChI=1S/C15H10FN/c16-14-8-6-13(7-9-14)15(10-11-17)12-4-2-1-3-5-12/h1-10H/b15-10-. The predicted octanol–water partition coefficient (Wildman–Crippen LogP) is 3.78. The fourth-order valence-electron chi connectivity index (χ4n) is 1.65. The summed E-state index contributed by atoms with van der Waals surface area (Å²) in [6.07, 6.45) is 1.47. The van der Waals surface area contributed by atoms with Gasteiger partial charge >= 0.3 is 0 Å². The van der Waals surface area contributed by atoms with Crippen LogP contribution in [0.15, 0.2) is 60.7 Å². The Labute approximate surface area is 99.5 Å². The van der Waals surface area contributed by atoms with E-state index in [1.54, 1.807) is 12.1 Å². The van der Waals surface area contributed by atoms with E-state index in [1.165, 1.54) is 18.2 Å². The highest BCUT2D eigenvalue weighted by Gasteiger charge is 2.04. The first kappa shape index (κ1) is 11.1. The molecule has 0 atom stereocenters. The number of nitrogens with zero attached hydrogens (tertiary/aromatic N) is 1. The van der Waals surface area contributed by atoms with Crippen LogP contribution in [-0.2, 0) is 0 Å². The normalized spacial score (nSPS) is 10.9. The Bertz CT molecular complexity index is 562. The zero-order chi connectivity index (χ0) is 12.1. The van der Waals surface area contributed by atoms with Crippen LogP contribution in [0.1, 0.15) is 11.1 Å². The average Bonchev–Trinajstić information content (AvgIpc) is 2.38. The Balaban J connectivity index is 2.48. The number of halogens is 1. The van der Waals surface area contributed by atoms with Crippen LogP contribution in [0, 0.1) is 17.1 Å². The van der Waals surface area contributed by atoms with E-state index < -0.39 is 0 Å². The van der Waals surface area contributed by atoms with Gasteiger partial charge in [-0.1, -0.05) is 42.5 Å². The summed E-state index contributed by atoms with van der Waals surface area (Å²) in [7, 11) is 0. The number of hydrogen-bond acceptors (Lipinski definition) is 1. The van der Waals surface area contributed by atoms with Gasteiger partial charge in [-0.15, -0.1) is 0 Å². The highest BCUT2D eigenvalue weighted by molar-refractivity contribution is 5.81. The third-order valence-electron chi connectivity index (χ3n) is 2.45. The van der Waals surface area contributed by atoms with Crippen molar-refractivity contribution in [1.82, 2.24) is 0 Å². The summed E-state index contributed by atoms with van der Waals surface area (Å²) in [6, 6.07) is 17.7. The van der Waals surface area contributed by atoms with Crippen molar-refractivity contribution in [2.45, 2.75) is 0 Å². The molecule has 17 heavy (non-hydrogen) atoms. The zero-order valence-corrected chi connectivity index (χ0v) is 9.10. The molecule has 2 aromatic carbocycles. The van der Waals surface area contributed by atoms with Crippen LogP contribution >= 0.6 is 0 Å². The Kier molecular flexibility index (Phi) is 3.32. The second-order valence-electron chi connectivity index (χ2n) is 3.56. The molecule has 0 N–H and O–H groups in total. The molecule has 2 heteroatoms. The smallest absolute Gasteiger partial charge is 0.123 e. The van der Waals surface area contributed by atoms with Gasteiger partial charge < -0.3 is 0 Å². The highest BCUT2D eigenvalue weighted by Crippen LogP contribution is 2.23. The average molecular weight is 223 g/mol. The van der Waals surface area contributed by atoms with Crippen LogP contribution < -0.4 is 0 Å². The molecule has 0 bridgehead atoms. The summed E-state index contributed by atoms with van der Waals surface area (Å²) < 4.78 is 12.9. The van der Waals surface area contributed by atoms with Gasteiger partial charge in [0.05, 0.1) is 6.07 Å². The number of benzene rings is 2. The van der Waals surface area contributed by atoms with Crippen LogP contribution in [0.2, 0.25) is 0 Å². The maximum Gasteiger partial charge on any atom is 0.123 e. The molecule has 82 valence electrons. The van der Waals surface area contributed by atoms with E-state index in [4.69, 9.17) is 5.26 Å². The second-order valence-corrected chi connectivity index (χ2v) is 3.56. The lowest BCUT2D eigenvalue weighted by molar-refractivity contribution is 0.627. The van der Waals surface area contributed by atoms with Crippen molar-refractivity contribution in [2.24, 2.45) is 0 Å². The van der Waals surface area contributed by atoms with Gasteiger partial charge in [0.2, 0.25) is 0 Å². The number of rotatable bonds is 2. The summed E-state index contributed by atoms with van der Waals surface area (Å²) in [5, 5.41) is 8.81. The van der Waals surface area contributed by atoms with E-state index in [2.05, 4.69) is 0 Å². The molecule has 2 rings (SSSR count). The minimum Gasteiger partial charge on any atom is -0.207 e. The summed E-state index contributed by atoms with van der Waals surface area (Å²) >= 11 is 0. The molecular formula is C15H10FN. The van der Waals surface area contributed by atoms with Gasteiger partial charge in [0.25, 0.3) is 0 Å². The lowest BCUT2D eigenvalue weighted by Crippen LogP contribution is -1.87. The van der Waals surface area contributed by atoms with E-state index in [0.29, 0.717) is 0 Å². The van der Waals surface area contributed by atoms with Gasteiger partial charge in [0.1, 0.15) is 5.82 Å². The third-order valence-corrected chi connectivity index (χ3v) is 2.45. The number of allylic oxidation sites excluding steroid dienone is 1.